The number of amides is 3. The number of fused-ring (bicyclic) bond motifs is 1. The molecule has 10 nitrogen and oxygen atoms in total. The fourth-order valence-corrected chi connectivity index (χ4v) is 3.37. The first-order valence-electron chi connectivity index (χ1n) is 10.3. The monoisotopic (exact) mass is 439 g/mol. The first kappa shape index (κ1) is 22.8. The Kier molecular flexibility index (Phi) is 7.76. The van der Waals surface area contributed by atoms with E-state index >= 15 is 0 Å². The molecular formula is C22H25N5O5. The summed E-state index contributed by atoms with van der Waals surface area (Å²) in [4.78, 5) is 36.7. The lowest BCUT2D eigenvalue weighted by Gasteiger charge is -2.08. The highest BCUT2D eigenvalue weighted by molar-refractivity contribution is 5.89. The van der Waals surface area contributed by atoms with E-state index in [0.29, 0.717) is 25.1 Å². The first-order valence-corrected chi connectivity index (χ1v) is 10.3. The minimum absolute atomic E-state index is 0.0552. The lowest BCUT2D eigenvalue weighted by molar-refractivity contribution is -0.384. The van der Waals surface area contributed by atoms with Crippen molar-refractivity contribution in [3.8, 4) is 0 Å². The van der Waals surface area contributed by atoms with E-state index in [1.54, 1.807) is 29.7 Å². The number of carbonyl (C=O) groups excluding carboxylic acids is 2. The number of H-pyrrole nitrogens is 1. The molecule has 0 unspecified atom stereocenters. The summed E-state index contributed by atoms with van der Waals surface area (Å²) >= 11 is 0. The van der Waals surface area contributed by atoms with E-state index < -0.39 is 10.8 Å². The highest BCUT2D eigenvalue weighted by atomic mass is 16.6. The van der Waals surface area contributed by atoms with Crippen LogP contribution in [0, 0.1) is 10.1 Å². The standard InChI is InChI=1S/C22H25N5O5/c28-21(26-30)4-2-1-3-11-23-22(29)25-17-7-5-15(6-8-17)12-16-14-24-20-10-9-18(27(31)32)13-19(16)20/h5-10,13-14,24,30H,1-4,11-12H2,(H,26,28)(H2,23,25,29). The number of aromatic nitrogens is 1. The minimum Gasteiger partial charge on any atom is -0.361 e. The van der Waals surface area contributed by atoms with Crippen LogP contribution in [0.5, 0.6) is 0 Å². The molecule has 0 spiro atoms. The summed E-state index contributed by atoms with van der Waals surface area (Å²) in [6.07, 6.45) is 4.84. The number of carbonyl (C=O) groups is 2. The summed E-state index contributed by atoms with van der Waals surface area (Å²) in [7, 11) is 0. The summed E-state index contributed by atoms with van der Waals surface area (Å²) in [5.41, 5.74) is 5.11. The fraction of sp³-hybridized carbons (Fsp3) is 0.273. The van der Waals surface area contributed by atoms with Crippen molar-refractivity contribution >= 4 is 34.2 Å². The second kappa shape index (κ2) is 10.9. The predicted octanol–water partition coefficient (Wildman–Crippen LogP) is 3.85. The third-order valence-electron chi connectivity index (χ3n) is 5.06. The molecule has 3 rings (SSSR count). The van der Waals surface area contributed by atoms with Crippen molar-refractivity contribution in [1.29, 1.82) is 0 Å². The number of nitrogens with zero attached hydrogens (tertiary/aromatic N) is 1. The third kappa shape index (κ3) is 6.29. The number of rotatable bonds is 10. The summed E-state index contributed by atoms with van der Waals surface area (Å²) in [6.45, 7) is 0.483. The van der Waals surface area contributed by atoms with Crippen LogP contribution in [0.25, 0.3) is 10.9 Å². The SMILES string of the molecule is O=C(CCCCCNC(=O)Nc1ccc(Cc2c[nH]c3ccc([N+](=O)[O-])cc23)cc1)NO. The van der Waals surface area contributed by atoms with E-state index in [9.17, 15) is 19.7 Å². The van der Waals surface area contributed by atoms with Crippen LogP contribution in [0.3, 0.4) is 0 Å². The molecule has 32 heavy (non-hydrogen) atoms. The smallest absolute Gasteiger partial charge is 0.319 e. The average Bonchev–Trinajstić information content (AvgIpc) is 3.19. The molecule has 0 aliphatic rings. The van der Waals surface area contributed by atoms with Crippen molar-refractivity contribution < 1.29 is 19.7 Å². The molecule has 0 aliphatic heterocycles. The first-order chi connectivity index (χ1) is 15.5. The zero-order valence-electron chi connectivity index (χ0n) is 17.4. The lowest BCUT2D eigenvalue weighted by Crippen LogP contribution is -2.29. The van der Waals surface area contributed by atoms with Crippen molar-refractivity contribution in [3.63, 3.8) is 0 Å². The zero-order valence-corrected chi connectivity index (χ0v) is 17.4. The van der Waals surface area contributed by atoms with E-state index in [-0.39, 0.29) is 18.1 Å². The normalized spacial score (nSPS) is 10.7. The van der Waals surface area contributed by atoms with Crippen molar-refractivity contribution in [2.24, 2.45) is 0 Å². The van der Waals surface area contributed by atoms with E-state index in [2.05, 4.69) is 15.6 Å². The van der Waals surface area contributed by atoms with Crippen LogP contribution < -0.4 is 16.1 Å². The van der Waals surface area contributed by atoms with Crippen molar-refractivity contribution in [2.45, 2.75) is 32.1 Å². The highest BCUT2D eigenvalue weighted by Gasteiger charge is 2.11. The molecule has 0 aliphatic carbocycles. The number of aromatic amines is 1. The number of urea groups is 1. The number of anilines is 1. The Morgan fingerprint density at radius 3 is 2.56 bits per heavy atom. The van der Waals surface area contributed by atoms with Gasteiger partial charge in [0.15, 0.2) is 0 Å². The number of benzene rings is 2. The molecule has 0 atom stereocenters. The van der Waals surface area contributed by atoms with Gasteiger partial charge in [-0.1, -0.05) is 18.6 Å². The van der Waals surface area contributed by atoms with Gasteiger partial charge >= 0.3 is 6.03 Å². The number of unbranched alkanes of at least 4 members (excludes halogenated alkanes) is 2. The van der Waals surface area contributed by atoms with E-state index in [1.165, 1.54) is 6.07 Å². The van der Waals surface area contributed by atoms with Crippen molar-refractivity contribution in [3.05, 3.63) is 69.9 Å². The molecule has 3 aromatic rings. The maximum Gasteiger partial charge on any atom is 0.319 e. The molecular weight excluding hydrogens is 414 g/mol. The molecule has 0 bridgehead atoms. The van der Waals surface area contributed by atoms with Crippen LogP contribution in [0.4, 0.5) is 16.2 Å². The Bertz CT molecular complexity index is 1090. The van der Waals surface area contributed by atoms with Crippen LogP contribution in [0.1, 0.15) is 36.8 Å². The van der Waals surface area contributed by atoms with Crippen molar-refractivity contribution in [1.82, 2.24) is 15.8 Å². The van der Waals surface area contributed by atoms with Crippen LogP contribution >= 0.6 is 0 Å². The van der Waals surface area contributed by atoms with E-state index in [1.807, 2.05) is 18.3 Å². The maximum atomic E-state index is 12.0. The quantitative estimate of drug-likeness (QED) is 0.141. The van der Waals surface area contributed by atoms with Gasteiger partial charge in [0.05, 0.1) is 4.92 Å². The van der Waals surface area contributed by atoms with E-state index in [4.69, 9.17) is 5.21 Å². The van der Waals surface area contributed by atoms with Gasteiger partial charge in [-0.25, -0.2) is 10.3 Å². The Balaban J connectivity index is 1.47. The second-order valence-corrected chi connectivity index (χ2v) is 7.40. The topological polar surface area (TPSA) is 149 Å². The maximum absolute atomic E-state index is 12.0. The predicted molar refractivity (Wildman–Crippen MR) is 120 cm³/mol. The molecule has 0 saturated heterocycles. The van der Waals surface area contributed by atoms with Gasteiger partial charge in [-0.2, -0.15) is 0 Å². The Morgan fingerprint density at radius 2 is 1.84 bits per heavy atom. The van der Waals surface area contributed by atoms with Gasteiger partial charge in [-0.15, -0.1) is 0 Å². The molecule has 0 fully saturated rings. The van der Waals surface area contributed by atoms with Gasteiger partial charge in [0, 0.05) is 47.9 Å². The summed E-state index contributed by atoms with van der Waals surface area (Å²) in [5.74, 6) is -0.412. The molecule has 2 aromatic carbocycles. The van der Waals surface area contributed by atoms with Crippen LogP contribution in [-0.4, -0.2) is 33.6 Å². The zero-order chi connectivity index (χ0) is 22.9. The van der Waals surface area contributed by atoms with Gasteiger partial charge < -0.3 is 15.6 Å². The molecule has 1 aromatic heterocycles. The van der Waals surface area contributed by atoms with Crippen LogP contribution in [-0.2, 0) is 11.2 Å². The third-order valence-corrected chi connectivity index (χ3v) is 5.06. The van der Waals surface area contributed by atoms with E-state index in [0.717, 1.165) is 34.9 Å². The Labute approximate surface area is 184 Å². The second-order valence-electron chi connectivity index (χ2n) is 7.40. The summed E-state index contributed by atoms with van der Waals surface area (Å²) in [6, 6.07) is 11.9. The molecule has 10 heteroatoms. The summed E-state index contributed by atoms with van der Waals surface area (Å²) < 4.78 is 0. The fourth-order valence-electron chi connectivity index (χ4n) is 3.37. The number of hydrogen-bond acceptors (Lipinski definition) is 5. The number of non-ortho nitro benzene ring substituents is 1. The highest BCUT2D eigenvalue weighted by Crippen LogP contribution is 2.25. The van der Waals surface area contributed by atoms with Crippen LogP contribution in [0.15, 0.2) is 48.7 Å². The molecule has 0 radical (unpaired) electrons. The van der Waals surface area contributed by atoms with Gasteiger partial charge in [-0.3, -0.25) is 20.1 Å². The number of hydroxylamine groups is 1. The minimum atomic E-state index is -0.412. The molecule has 5 N–H and O–H groups in total. The Hall–Kier alpha value is -3.92. The van der Waals surface area contributed by atoms with Gasteiger partial charge in [0.1, 0.15) is 0 Å². The van der Waals surface area contributed by atoms with Gasteiger partial charge in [-0.05, 0) is 48.6 Å². The lowest BCUT2D eigenvalue weighted by atomic mass is 10.0. The molecule has 168 valence electrons. The van der Waals surface area contributed by atoms with Gasteiger partial charge in [0.25, 0.3) is 5.69 Å². The molecule has 1 heterocycles. The number of nitrogens with one attached hydrogen (secondary N) is 4. The number of nitro groups is 1. The number of nitro benzene ring substituents is 1. The number of hydrogen-bond donors (Lipinski definition) is 5. The molecule has 3 amide bonds. The van der Waals surface area contributed by atoms with Crippen molar-refractivity contribution in [2.75, 3.05) is 11.9 Å². The largest absolute Gasteiger partial charge is 0.361 e. The van der Waals surface area contributed by atoms with Crippen LogP contribution in [0.2, 0.25) is 0 Å². The average molecular weight is 439 g/mol. The molecule has 0 saturated carbocycles. The summed E-state index contributed by atoms with van der Waals surface area (Å²) in [5, 5.41) is 25.8. The Morgan fingerprint density at radius 1 is 1.06 bits per heavy atom. The van der Waals surface area contributed by atoms with Gasteiger partial charge in [0.2, 0.25) is 5.91 Å².